The van der Waals surface area contributed by atoms with Gasteiger partial charge in [-0.3, -0.25) is 19.7 Å². The summed E-state index contributed by atoms with van der Waals surface area (Å²) in [7, 11) is 0. The Labute approximate surface area is 182 Å². The number of aromatic hydroxyl groups is 1. The van der Waals surface area contributed by atoms with Crippen LogP contribution in [0.1, 0.15) is 21.5 Å². The number of hydrogen-bond acceptors (Lipinski definition) is 6. The third kappa shape index (κ3) is 5.86. The van der Waals surface area contributed by atoms with E-state index in [0.29, 0.717) is 11.1 Å². The Morgan fingerprint density at radius 1 is 0.969 bits per heavy atom. The molecule has 0 bridgehead atoms. The highest BCUT2D eigenvalue weighted by Gasteiger charge is 2.15. The van der Waals surface area contributed by atoms with E-state index in [1.165, 1.54) is 12.1 Å². The summed E-state index contributed by atoms with van der Waals surface area (Å²) in [6, 6.07) is 20.7. The van der Waals surface area contributed by atoms with Crippen molar-refractivity contribution in [3.05, 3.63) is 111 Å². The van der Waals surface area contributed by atoms with Crippen LogP contribution in [0.3, 0.4) is 0 Å². The Morgan fingerprint density at radius 3 is 2.28 bits per heavy atom. The maximum Gasteiger partial charge on any atom is 0.287 e. The van der Waals surface area contributed by atoms with Crippen LogP contribution < -0.4 is 10.7 Å². The minimum atomic E-state index is -0.739. The number of hydrogen-bond donors (Lipinski definition) is 3. The molecular weight excluding hydrogens is 412 g/mol. The minimum absolute atomic E-state index is 0.00258. The van der Waals surface area contributed by atoms with Crippen molar-refractivity contribution in [2.24, 2.45) is 5.10 Å². The van der Waals surface area contributed by atoms with Crippen molar-refractivity contribution in [1.82, 2.24) is 10.7 Å². The van der Waals surface area contributed by atoms with Crippen LogP contribution in [0, 0.1) is 10.1 Å². The maximum atomic E-state index is 12.7. The van der Waals surface area contributed by atoms with Crippen LogP contribution in [0.5, 0.6) is 5.75 Å². The highest BCUT2D eigenvalue weighted by Crippen LogP contribution is 2.21. The molecule has 0 heterocycles. The van der Waals surface area contributed by atoms with Gasteiger partial charge in [0.25, 0.3) is 17.5 Å². The average molecular weight is 430 g/mol. The SMILES string of the molecule is O=C(NN=Cc1cc(O)ccc1[N+](=O)[O-])C(=Cc1ccccc1)NC(=O)c1ccccc1. The molecule has 2 amide bonds. The van der Waals surface area contributed by atoms with Gasteiger partial charge in [-0.05, 0) is 35.9 Å². The summed E-state index contributed by atoms with van der Waals surface area (Å²) in [6.45, 7) is 0. The van der Waals surface area contributed by atoms with Crippen molar-refractivity contribution in [2.75, 3.05) is 0 Å². The van der Waals surface area contributed by atoms with E-state index in [2.05, 4.69) is 15.8 Å². The van der Waals surface area contributed by atoms with Crippen LogP contribution in [0.2, 0.25) is 0 Å². The quantitative estimate of drug-likeness (QED) is 0.229. The van der Waals surface area contributed by atoms with Gasteiger partial charge in [0.15, 0.2) is 0 Å². The van der Waals surface area contributed by atoms with Crippen LogP contribution in [0.4, 0.5) is 5.69 Å². The van der Waals surface area contributed by atoms with E-state index in [1.54, 1.807) is 54.6 Å². The summed E-state index contributed by atoms with van der Waals surface area (Å²) in [5.41, 5.74) is 2.89. The molecule has 3 aromatic rings. The van der Waals surface area contributed by atoms with Crippen molar-refractivity contribution >= 4 is 29.8 Å². The van der Waals surface area contributed by atoms with Crippen LogP contribution in [0.25, 0.3) is 6.08 Å². The Bertz CT molecular complexity index is 1190. The monoisotopic (exact) mass is 430 g/mol. The number of carbonyl (C=O) groups excluding carboxylic acids is 2. The molecule has 0 aliphatic heterocycles. The molecule has 3 rings (SSSR count). The van der Waals surface area contributed by atoms with Crippen LogP contribution in [0.15, 0.2) is 89.7 Å². The van der Waals surface area contributed by atoms with Crippen molar-refractivity contribution in [1.29, 1.82) is 0 Å². The van der Waals surface area contributed by atoms with Crippen molar-refractivity contribution in [3.8, 4) is 5.75 Å². The summed E-state index contributed by atoms with van der Waals surface area (Å²) in [4.78, 5) is 35.7. The zero-order valence-corrected chi connectivity index (χ0v) is 16.6. The third-order valence-corrected chi connectivity index (χ3v) is 4.22. The lowest BCUT2D eigenvalue weighted by Gasteiger charge is -2.09. The first-order valence-electron chi connectivity index (χ1n) is 9.38. The minimum Gasteiger partial charge on any atom is -0.508 e. The Balaban J connectivity index is 1.82. The number of phenolic OH excluding ortho intramolecular Hbond substituents is 1. The summed E-state index contributed by atoms with van der Waals surface area (Å²) in [6.07, 6.45) is 2.51. The molecule has 0 fully saturated rings. The molecule has 0 aliphatic rings. The van der Waals surface area contributed by atoms with Crippen molar-refractivity contribution in [2.45, 2.75) is 0 Å². The topological polar surface area (TPSA) is 134 Å². The highest BCUT2D eigenvalue weighted by molar-refractivity contribution is 6.05. The summed E-state index contributed by atoms with van der Waals surface area (Å²) >= 11 is 0. The fourth-order valence-corrected chi connectivity index (χ4v) is 2.69. The van der Waals surface area contributed by atoms with Gasteiger partial charge in [-0.2, -0.15) is 5.10 Å². The Morgan fingerprint density at radius 2 is 1.62 bits per heavy atom. The number of benzene rings is 3. The predicted molar refractivity (Wildman–Crippen MR) is 119 cm³/mol. The van der Waals surface area contributed by atoms with Gasteiger partial charge >= 0.3 is 0 Å². The molecule has 0 saturated heterocycles. The molecule has 3 aromatic carbocycles. The number of rotatable bonds is 7. The van der Waals surface area contributed by atoms with Gasteiger partial charge in [-0.25, -0.2) is 5.43 Å². The van der Waals surface area contributed by atoms with Crippen LogP contribution in [-0.4, -0.2) is 28.1 Å². The first kappa shape index (κ1) is 21.9. The van der Waals surface area contributed by atoms with Crippen LogP contribution >= 0.6 is 0 Å². The van der Waals surface area contributed by atoms with Crippen LogP contribution in [-0.2, 0) is 4.79 Å². The molecule has 3 N–H and O–H groups in total. The second-order valence-electron chi connectivity index (χ2n) is 6.49. The molecule has 9 heteroatoms. The normalized spacial score (nSPS) is 11.2. The second kappa shape index (κ2) is 10.3. The fraction of sp³-hybridized carbons (Fsp3) is 0. The zero-order valence-electron chi connectivity index (χ0n) is 16.6. The summed E-state index contributed by atoms with van der Waals surface area (Å²) < 4.78 is 0. The van der Waals surface area contributed by atoms with E-state index in [4.69, 9.17) is 0 Å². The maximum absolute atomic E-state index is 12.7. The zero-order chi connectivity index (χ0) is 22.9. The van der Waals surface area contributed by atoms with E-state index < -0.39 is 16.7 Å². The molecule has 0 radical (unpaired) electrons. The number of phenols is 1. The number of nitro benzene ring substituents is 1. The fourth-order valence-electron chi connectivity index (χ4n) is 2.69. The first-order chi connectivity index (χ1) is 15.4. The Hall–Kier alpha value is -4.79. The van der Waals surface area contributed by atoms with Gasteiger partial charge in [0, 0.05) is 11.6 Å². The standard InChI is InChI=1S/C23H18N4O5/c28-19-11-12-21(27(31)32)18(14-19)15-24-26-23(30)20(13-16-7-3-1-4-8-16)25-22(29)17-9-5-2-6-10-17/h1-15,28H,(H,25,29)(H,26,30). The van der Waals surface area contributed by atoms with E-state index in [-0.39, 0.29) is 22.7 Å². The smallest absolute Gasteiger partial charge is 0.287 e. The van der Waals surface area contributed by atoms with Crippen molar-refractivity contribution in [3.63, 3.8) is 0 Å². The third-order valence-electron chi connectivity index (χ3n) is 4.22. The van der Waals surface area contributed by atoms with Gasteiger partial charge in [-0.1, -0.05) is 48.5 Å². The molecular formula is C23H18N4O5. The Kier molecular flexibility index (Phi) is 7.05. The van der Waals surface area contributed by atoms with E-state index in [0.717, 1.165) is 18.3 Å². The van der Waals surface area contributed by atoms with Gasteiger partial charge in [0.1, 0.15) is 11.4 Å². The number of nitrogens with one attached hydrogen (secondary N) is 2. The lowest BCUT2D eigenvalue weighted by Crippen LogP contribution is -2.32. The molecule has 9 nitrogen and oxygen atoms in total. The predicted octanol–water partition coefficient (Wildman–Crippen LogP) is 3.22. The van der Waals surface area contributed by atoms with E-state index in [1.807, 2.05) is 6.07 Å². The van der Waals surface area contributed by atoms with E-state index >= 15 is 0 Å². The molecule has 0 aliphatic carbocycles. The van der Waals surface area contributed by atoms with Gasteiger partial charge in [0.2, 0.25) is 0 Å². The summed E-state index contributed by atoms with van der Waals surface area (Å²) in [5, 5.41) is 27.0. The molecule has 0 saturated carbocycles. The molecule has 32 heavy (non-hydrogen) atoms. The van der Waals surface area contributed by atoms with Gasteiger partial charge in [0.05, 0.1) is 16.7 Å². The number of nitro groups is 1. The van der Waals surface area contributed by atoms with Crippen molar-refractivity contribution < 1.29 is 19.6 Å². The molecule has 160 valence electrons. The lowest BCUT2D eigenvalue weighted by atomic mass is 10.1. The number of nitrogens with zero attached hydrogens (tertiary/aromatic N) is 2. The molecule has 0 unspecified atom stereocenters. The summed E-state index contributed by atoms with van der Waals surface area (Å²) in [5.74, 6) is -1.42. The number of carbonyl (C=O) groups is 2. The number of hydrazone groups is 1. The first-order valence-corrected chi connectivity index (χ1v) is 9.38. The molecule has 0 atom stereocenters. The number of amides is 2. The highest BCUT2D eigenvalue weighted by atomic mass is 16.6. The molecule has 0 spiro atoms. The van der Waals surface area contributed by atoms with Gasteiger partial charge in [-0.15, -0.1) is 0 Å². The molecule has 0 aromatic heterocycles. The lowest BCUT2D eigenvalue weighted by molar-refractivity contribution is -0.385. The van der Waals surface area contributed by atoms with Gasteiger partial charge < -0.3 is 10.4 Å². The second-order valence-corrected chi connectivity index (χ2v) is 6.49. The largest absolute Gasteiger partial charge is 0.508 e. The average Bonchev–Trinajstić information content (AvgIpc) is 2.79. The van der Waals surface area contributed by atoms with E-state index in [9.17, 15) is 24.8 Å².